The van der Waals surface area contributed by atoms with Gasteiger partial charge >= 0.3 is 0 Å². The first kappa shape index (κ1) is 55.8. The number of hydrogen-bond donors (Lipinski definition) is 5. The molecule has 0 aliphatic rings. The average Bonchev–Trinajstić information content (AvgIpc) is 3.22. The second kappa shape index (κ2) is 45.9. The van der Waals surface area contributed by atoms with Crippen LogP contribution in [0.3, 0.4) is 0 Å². The highest BCUT2D eigenvalue weighted by Gasteiger charge is 2.28. The van der Waals surface area contributed by atoms with Crippen molar-refractivity contribution in [1.82, 2.24) is 5.32 Å². The van der Waals surface area contributed by atoms with Gasteiger partial charge in [0.15, 0.2) is 0 Å². The van der Waals surface area contributed by atoms with Crippen LogP contribution in [0, 0.1) is 0 Å². The third-order valence-electron chi connectivity index (χ3n) is 11.9. The Morgan fingerprint density at radius 3 is 1.11 bits per heavy atom. The molecule has 0 aromatic heterocycles. The van der Waals surface area contributed by atoms with E-state index in [1.54, 1.807) is 0 Å². The van der Waals surface area contributed by atoms with Crippen molar-refractivity contribution in [3.05, 3.63) is 24.3 Å². The summed E-state index contributed by atoms with van der Waals surface area (Å²) in [6.07, 6.45) is 53.9. The largest absolute Gasteiger partial charge is 0.394 e. The summed E-state index contributed by atoms with van der Waals surface area (Å²) in [6, 6.07) is -1.00. The molecular formula is C51H99NO5. The molecule has 0 saturated carbocycles. The molecule has 4 atom stereocenters. The lowest BCUT2D eigenvalue weighted by molar-refractivity contribution is -0.132. The van der Waals surface area contributed by atoms with E-state index < -0.39 is 36.9 Å². The maximum absolute atomic E-state index is 12.5. The third kappa shape index (κ3) is 40.0. The minimum absolute atomic E-state index is 0.364. The molecule has 0 heterocycles. The highest BCUT2D eigenvalue weighted by atomic mass is 16.3. The second-order valence-electron chi connectivity index (χ2n) is 17.5. The first-order chi connectivity index (χ1) is 28.0. The zero-order valence-electron chi connectivity index (χ0n) is 38.1. The van der Waals surface area contributed by atoms with E-state index in [1.165, 1.54) is 186 Å². The lowest BCUT2D eigenvalue weighted by Crippen LogP contribution is -2.53. The number of carbonyl (C=O) groups is 1. The molecule has 6 heteroatoms. The number of carbonyl (C=O) groups excluding carboxylic acids is 1. The predicted molar refractivity (Wildman–Crippen MR) is 247 cm³/mol. The lowest BCUT2D eigenvalue weighted by atomic mass is 10.00. The normalized spacial score (nSPS) is 14.1. The third-order valence-corrected chi connectivity index (χ3v) is 11.9. The first-order valence-corrected chi connectivity index (χ1v) is 25.2. The molecule has 57 heavy (non-hydrogen) atoms. The van der Waals surface area contributed by atoms with E-state index in [1.807, 2.05) is 0 Å². The molecular weight excluding hydrogens is 707 g/mol. The van der Waals surface area contributed by atoms with E-state index in [2.05, 4.69) is 43.5 Å². The summed E-state index contributed by atoms with van der Waals surface area (Å²) in [4.78, 5) is 12.5. The van der Waals surface area contributed by atoms with Crippen molar-refractivity contribution < 1.29 is 25.2 Å². The quantitative estimate of drug-likeness (QED) is 0.0311. The monoisotopic (exact) mass is 806 g/mol. The number of aliphatic hydroxyl groups is 4. The molecule has 5 N–H and O–H groups in total. The molecule has 0 rings (SSSR count). The number of nitrogens with one attached hydrogen (secondary N) is 1. The summed E-state index contributed by atoms with van der Waals surface area (Å²) in [5, 5.41) is 43.6. The molecule has 1 amide bonds. The van der Waals surface area contributed by atoms with Crippen molar-refractivity contribution in [2.75, 3.05) is 6.61 Å². The van der Waals surface area contributed by atoms with Gasteiger partial charge in [-0.2, -0.15) is 0 Å². The van der Waals surface area contributed by atoms with Crippen LogP contribution >= 0.6 is 0 Å². The van der Waals surface area contributed by atoms with E-state index in [0.717, 1.165) is 44.9 Å². The fourth-order valence-corrected chi connectivity index (χ4v) is 7.89. The van der Waals surface area contributed by atoms with Crippen molar-refractivity contribution in [1.29, 1.82) is 0 Å². The van der Waals surface area contributed by atoms with Gasteiger partial charge in [-0.15, -0.1) is 0 Å². The Balaban J connectivity index is 3.58. The number of aliphatic hydroxyl groups excluding tert-OH is 4. The summed E-state index contributed by atoms with van der Waals surface area (Å²) in [5.74, 6) is -0.595. The summed E-state index contributed by atoms with van der Waals surface area (Å²) in [6.45, 7) is 4.01. The van der Waals surface area contributed by atoms with Crippen molar-refractivity contribution in [3.63, 3.8) is 0 Å². The van der Waals surface area contributed by atoms with Gasteiger partial charge in [0, 0.05) is 0 Å². The minimum Gasteiger partial charge on any atom is -0.394 e. The number of unbranched alkanes of at least 4 members (excludes halogenated alkanes) is 33. The Bertz CT molecular complexity index is 863. The van der Waals surface area contributed by atoms with Gasteiger partial charge in [-0.1, -0.05) is 237 Å². The SMILES string of the molecule is CCCCC/C=C/CC/C=C/CCCC(O)C(O)C(CO)NC(=O)C(O)CCCCCCCCCCCCCCCCCCCCCCCCCCCCCCC. The van der Waals surface area contributed by atoms with Crippen LogP contribution in [0.1, 0.15) is 264 Å². The van der Waals surface area contributed by atoms with Crippen LogP contribution in [0.15, 0.2) is 24.3 Å². The molecule has 6 nitrogen and oxygen atoms in total. The van der Waals surface area contributed by atoms with Crippen molar-refractivity contribution in [2.24, 2.45) is 0 Å². The summed E-state index contributed by atoms with van der Waals surface area (Å²) >= 11 is 0. The van der Waals surface area contributed by atoms with Crippen LogP contribution in [0.25, 0.3) is 0 Å². The fourth-order valence-electron chi connectivity index (χ4n) is 7.89. The molecule has 0 aromatic carbocycles. The summed E-state index contributed by atoms with van der Waals surface area (Å²) in [7, 11) is 0. The Morgan fingerprint density at radius 1 is 0.421 bits per heavy atom. The number of rotatable bonds is 46. The number of hydrogen-bond acceptors (Lipinski definition) is 5. The molecule has 338 valence electrons. The van der Waals surface area contributed by atoms with Gasteiger partial charge in [-0.3, -0.25) is 4.79 Å². The minimum atomic E-state index is -1.29. The van der Waals surface area contributed by atoms with Crippen LogP contribution in [-0.4, -0.2) is 57.3 Å². The molecule has 0 aliphatic heterocycles. The zero-order chi connectivity index (χ0) is 41.7. The van der Waals surface area contributed by atoms with Crippen molar-refractivity contribution >= 4 is 5.91 Å². The second-order valence-corrected chi connectivity index (χ2v) is 17.5. The smallest absolute Gasteiger partial charge is 0.249 e. The van der Waals surface area contributed by atoms with Gasteiger partial charge in [0.25, 0.3) is 0 Å². The van der Waals surface area contributed by atoms with Gasteiger partial charge in [-0.25, -0.2) is 0 Å². The van der Waals surface area contributed by atoms with E-state index in [9.17, 15) is 25.2 Å². The van der Waals surface area contributed by atoms with E-state index in [4.69, 9.17) is 0 Å². The average molecular weight is 806 g/mol. The Morgan fingerprint density at radius 2 is 0.737 bits per heavy atom. The van der Waals surface area contributed by atoms with Gasteiger partial charge in [0.05, 0.1) is 18.8 Å². The van der Waals surface area contributed by atoms with Crippen LogP contribution in [0.2, 0.25) is 0 Å². The van der Waals surface area contributed by atoms with Crippen molar-refractivity contribution in [2.45, 2.75) is 289 Å². The van der Waals surface area contributed by atoms with Crippen LogP contribution in [-0.2, 0) is 4.79 Å². The first-order valence-electron chi connectivity index (χ1n) is 25.2. The van der Waals surface area contributed by atoms with E-state index in [0.29, 0.717) is 19.3 Å². The molecule has 0 spiro atoms. The number of allylic oxidation sites excluding steroid dienone is 4. The zero-order valence-corrected chi connectivity index (χ0v) is 38.1. The Kier molecular flexibility index (Phi) is 44.9. The molecule has 0 aliphatic carbocycles. The molecule has 4 unspecified atom stereocenters. The summed E-state index contributed by atoms with van der Waals surface area (Å²) in [5.41, 5.74) is 0. The highest BCUT2D eigenvalue weighted by molar-refractivity contribution is 5.80. The Hall–Kier alpha value is -1.21. The summed E-state index contributed by atoms with van der Waals surface area (Å²) < 4.78 is 0. The highest BCUT2D eigenvalue weighted by Crippen LogP contribution is 2.17. The van der Waals surface area contributed by atoms with Gasteiger partial charge in [0.1, 0.15) is 12.2 Å². The topological polar surface area (TPSA) is 110 Å². The molecule has 0 fully saturated rings. The van der Waals surface area contributed by atoms with Gasteiger partial charge in [0.2, 0.25) is 5.91 Å². The molecule has 0 aromatic rings. The Labute approximate surface area is 354 Å². The molecule has 0 radical (unpaired) electrons. The van der Waals surface area contributed by atoms with Crippen LogP contribution in [0.4, 0.5) is 0 Å². The predicted octanol–water partition coefficient (Wildman–Crippen LogP) is 13.9. The van der Waals surface area contributed by atoms with Crippen LogP contribution in [0.5, 0.6) is 0 Å². The fraction of sp³-hybridized carbons (Fsp3) is 0.902. The van der Waals surface area contributed by atoms with Gasteiger partial charge < -0.3 is 25.7 Å². The lowest BCUT2D eigenvalue weighted by Gasteiger charge is -2.27. The number of amides is 1. The molecule has 0 bridgehead atoms. The van der Waals surface area contributed by atoms with Crippen LogP contribution < -0.4 is 5.32 Å². The van der Waals surface area contributed by atoms with Crippen molar-refractivity contribution in [3.8, 4) is 0 Å². The maximum Gasteiger partial charge on any atom is 0.249 e. The van der Waals surface area contributed by atoms with E-state index >= 15 is 0 Å². The van der Waals surface area contributed by atoms with Gasteiger partial charge in [-0.05, 0) is 51.4 Å². The van der Waals surface area contributed by atoms with E-state index in [-0.39, 0.29) is 0 Å². The standard InChI is InChI=1S/C51H99NO5/c1-3-5-7-9-11-13-15-17-18-19-20-21-22-23-24-25-26-27-28-29-30-31-32-33-35-37-39-41-43-45-49(55)51(57)52-47(46-53)50(56)48(54)44-42-40-38-36-34-16-14-12-10-8-6-4-2/h12,14,36,38,47-50,53-56H,3-11,13,15-35,37,39-46H2,1-2H3,(H,52,57)/b14-12+,38-36+. The maximum atomic E-state index is 12.5. The molecule has 0 saturated heterocycles.